The molecule has 3 aromatic rings. The maximum absolute atomic E-state index is 11.5. The summed E-state index contributed by atoms with van der Waals surface area (Å²) in [5, 5.41) is 1.37. The first kappa shape index (κ1) is 11.8. The third-order valence-corrected chi connectivity index (χ3v) is 3.17. The summed E-state index contributed by atoms with van der Waals surface area (Å²) in [7, 11) is 0. The molecule has 4 heteroatoms. The van der Waals surface area contributed by atoms with Gasteiger partial charge in [0, 0.05) is 16.0 Å². The van der Waals surface area contributed by atoms with Crippen LogP contribution in [0.3, 0.4) is 0 Å². The van der Waals surface area contributed by atoms with E-state index in [1.54, 1.807) is 18.2 Å². The van der Waals surface area contributed by atoms with Crippen molar-refractivity contribution in [2.24, 2.45) is 5.73 Å². The van der Waals surface area contributed by atoms with Gasteiger partial charge >= 0.3 is 0 Å². The van der Waals surface area contributed by atoms with Crippen molar-refractivity contribution in [2.45, 2.75) is 0 Å². The highest BCUT2D eigenvalue weighted by Gasteiger charge is 2.19. The van der Waals surface area contributed by atoms with Gasteiger partial charge in [-0.25, -0.2) is 0 Å². The maximum atomic E-state index is 11.5. The van der Waals surface area contributed by atoms with E-state index < -0.39 is 5.91 Å². The van der Waals surface area contributed by atoms with E-state index in [0.29, 0.717) is 16.2 Å². The van der Waals surface area contributed by atoms with Gasteiger partial charge in [-0.15, -0.1) is 0 Å². The Labute approximate surface area is 114 Å². The Morgan fingerprint density at radius 3 is 2.53 bits per heavy atom. The Morgan fingerprint density at radius 2 is 1.84 bits per heavy atom. The average molecular weight is 272 g/mol. The summed E-state index contributed by atoms with van der Waals surface area (Å²) in [5.74, 6) is -0.436. The summed E-state index contributed by atoms with van der Waals surface area (Å²) in [5.41, 5.74) is 7.54. The summed E-state index contributed by atoms with van der Waals surface area (Å²) in [6, 6.07) is 14.7. The fourth-order valence-electron chi connectivity index (χ4n) is 2.13. The van der Waals surface area contributed by atoms with Crippen molar-refractivity contribution < 1.29 is 9.21 Å². The molecule has 0 spiro atoms. The van der Waals surface area contributed by atoms with Crippen molar-refractivity contribution in [3.05, 3.63) is 59.3 Å². The molecule has 0 bridgehead atoms. The highest BCUT2D eigenvalue weighted by atomic mass is 35.5. The largest absolute Gasteiger partial charge is 0.450 e. The van der Waals surface area contributed by atoms with E-state index in [2.05, 4.69) is 0 Å². The van der Waals surface area contributed by atoms with Crippen molar-refractivity contribution in [3.63, 3.8) is 0 Å². The Morgan fingerprint density at radius 1 is 1.11 bits per heavy atom. The van der Waals surface area contributed by atoms with E-state index in [9.17, 15) is 4.79 Å². The first-order valence-corrected chi connectivity index (χ1v) is 6.12. The molecule has 1 amide bonds. The van der Waals surface area contributed by atoms with Crippen LogP contribution in [0.25, 0.3) is 22.1 Å². The first-order valence-electron chi connectivity index (χ1n) is 5.74. The molecule has 19 heavy (non-hydrogen) atoms. The van der Waals surface area contributed by atoms with E-state index in [1.807, 2.05) is 30.3 Å². The second-order valence-corrected chi connectivity index (χ2v) is 4.61. The van der Waals surface area contributed by atoms with Gasteiger partial charge in [0.2, 0.25) is 0 Å². The van der Waals surface area contributed by atoms with Gasteiger partial charge in [-0.1, -0.05) is 41.9 Å². The molecule has 0 unspecified atom stereocenters. The summed E-state index contributed by atoms with van der Waals surface area (Å²) >= 11 is 6.01. The second kappa shape index (κ2) is 4.44. The molecule has 0 fully saturated rings. The number of carbonyl (C=O) groups is 1. The molecule has 3 nitrogen and oxygen atoms in total. The molecule has 1 heterocycles. The minimum atomic E-state index is -0.592. The number of nitrogens with two attached hydrogens (primary N) is 1. The molecule has 0 atom stereocenters. The Bertz CT molecular complexity index is 762. The zero-order valence-electron chi connectivity index (χ0n) is 9.89. The summed E-state index contributed by atoms with van der Waals surface area (Å²) in [6.45, 7) is 0. The van der Waals surface area contributed by atoms with Crippen molar-refractivity contribution in [2.75, 3.05) is 0 Å². The van der Waals surface area contributed by atoms with Crippen molar-refractivity contribution in [3.8, 4) is 11.1 Å². The monoisotopic (exact) mass is 271 g/mol. The molecule has 1 aromatic heterocycles. The molecule has 0 aliphatic rings. The number of rotatable bonds is 2. The van der Waals surface area contributed by atoms with Gasteiger partial charge in [-0.2, -0.15) is 0 Å². The third-order valence-electron chi connectivity index (χ3n) is 2.94. The third kappa shape index (κ3) is 1.98. The first-order chi connectivity index (χ1) is 9.16. The van der Waals surface area contributed by atoms with Crippen LogP contribution in [0.2, 0.25) is 5.02 Å². The van der Waals surface area contributed by atoms with E-state index in [4.69, 9.17) is 21.8 Å². The second-order valence-electron chi connectivity index (χ2n) is 4.18. The fourth-order valence-corrected chi connectivity index (χ4v) is 2.31. The number of benzene rings is 2. The summed E-state index contributed by atoms with van der Waals surface area (Å²) in [6.07, 6.45) is 0. The zero-order chi connectivity index (χ0) is 13.4. The molecule has 94 valence electrons. The van der Waals surface area contributed by atoms with Crippen LogP contribution in [0.4, 0.5) is 0 Å². The number of halogens is 1. The summed E-state index contributed by atoms with van der Waals surface area (Å²) < 4.78 is 5.54. The highest BCUT2D eigenvalue weighted by Crippen LogP contribution is 2.35. The van der Waals surface area contributed by atoms with E-state index in [-0.39, 0.29) is 5.76 Å². The van der Waals surface area contributed by atoms with Crippen LogP contribution in [0, 0.1) is 0 Å². The van der Waals surface area contributed by atoms with Crippen LogP contribution >= 0.6 is 11.6 Å². The summed E-state index contributed by atoms with van der Waals surface area (Å²) in [4.78, 5) is 11.5. The average Bonchev–Trinajstić information content (AvgIpc) is 2.78. The Balaban J connectivity index is 2.40. The van der Waals surface area contributed by atoms with Gasteiger partial charge < -0.3 is 10.2 Å². The van der Waals surface area contributed by atoms with Crippen LogP contribution in [0.15, 0.2) is 52.9 Å². The Hall–Kier alpha value is -2.26. The molecule has 0 aliphatic carbocycles. The van der Waals surface area contributed by atoms with Gasteiger partial charge in [0.15, 0.2) is 5.76 Å². The SMILES string of the molecule is NC(=O)c1oc2ccc(Cl)cc2c1-c1ccccc1. The normalized spacial score (nSPS) is 10.8. The van der Waals surface area contributed by atoms with Crippen molar-refractivity contribution in [1.29, 1.82) is 0 Å². The van der Waals surface area contributed by atoms with Crippen LogP contribution in [-0.4, -0.2) is 5.91 Å². The lowest BCUT2D eigenvalue weighted by molar-refractivity contribution is 0.0977. The molecule has 0 saturated carbocycles. The standard InChI is InChI=1S/C15H10ClNO2/c16-10-6-7-12-11(8-10)13(14(19-12)15(17)18)9-4-2-1-3-5-9/h1-8H,(H2,17,18). The van der Waals surface area contributed by atoms with E-state index in [1.165, 1.54) is 0 Å². The van der Waals surface area contributed by atoms with E-state index >= 15 is 0 Å². The lowest BCUT2D eigenvalue weighted by atomic mass is 10.0. The molecular weight excluding hydrogens is 262 g/mol. The minimum Gasteiger partial charge on any atom is -0.450 e. The lowest BCUT2D eigenvalue weighted by Crippen LogP contribution is -2.10. The smallest absolute Gasteiger partial charge is 0.285 e. The van der Waals surface area contributed by atoms with Gasteiger partial charge in [0.25, 0.3) is 5.91 Å². The fraction of sp³-hybridized carbons (Fsp3) is 0. The van der Waals surface area contributed by atoms with Gasteiger partial charge in [0.05, 0.1) is 0 Å². The van der Waals surface area contributed by atoms with Crippen molar-refractivity contribution >= 4 is 28.5 Å². The van der Waals surface area contributed by atoms with Gasteiger partial charge in [0.1, 0.15) is 5.58 Å². The number of primary amides is 1. The molecule has 0 aliphatic heterocycles. The zero-order valence-corrected chi connectivity index (χ0v) is 10.6. The number of fused-ring (bicyclic) bond motifs is 1. The Kier molecular flexibility index (Phi) is 2.76. The van der Waals surface area contributed by atoms with Crippen molar-refractivity contribution in [1.82, 2.24) is 0 Å². The van der Waals surface area contributed by atoms with Crippen LogP contribution in [0.5, 0.6) is 0 Å². The molecule has 2 N–H and O–H groups in total. The predicted octanol–water partition coefficient (Wildman–Crippen LogP) is 3.85. The van der Waals surface area contributed by atoms with Crippen LogP contribution in [0.1, 0.15) is 10.6 Å². The predicted molar refractivity (Wildman–Crippen MR) is 75.2 cm³/mol. The molecule has 2 aromatic carbocycles. The van der Waals surface area contributed by atoms with Gasteiger partial charge in [-0.05, 0) is 23.8 Å². The number of hydrogen-bond acceptors (Lipinski definition) is 2. The van der Waals surface area contributed by atoms with Gasteiger partial charge in [-0.3, -0.25) is 4.79 Å². The van der Waals surface area contributed by atoms with E-state index in [0.717, 1.165) is 10.9 Å². The molecular formula is C15H10ClNO2. The minimum absolute atomic E-state index is 0.156. The maximum Gasteiger partial charge on any atom is 0.285 e. The highest BCUT2D eigenvalue weighted by molar-refractivity contribution is 6.31. The quantitative estimate of drug-likeness (QED) is 0.769. The van der Waals surface area contributed by atoms with Crippen LogP contribution < -0.4 is 5.73 Å². The molecule has 3 rings (SSSR count). The topological polar surface area (TPSA) is 56.2 Å². The van der Waals surface area contributed by atoms with Crippen LogP contribution in [-0.2, 0) is 0 Å². The number of carbonyl (C=O) groups excluding carboxylic acids is 1. The molecule has 0 saturated heterocycles. The lowest BCUT2D eigenvalue weighted by Gasteiger charge is -2.00. The molecule has 0 radical (unpaired) electrons. The number of furan rings is 1. The number of amides is 1. The number of hydrogen-bond donors (Lipinski definition) is 1.